The van der Waals surface area contributed by atoms with E-state index >= 15 is 0 Å². The van der Waals surface area contributed by atoms with Crippen molar-refractivity contribution in [3.63, 3.8) is 0 Å². The Morgan fingerprint density at radius 2 is 1.84 bits per heavy atom. The molecule has 98 valence electrons. The molecule has 0 bridgehead atoms. The van der Waals surface area contributed by atoms with E-state index in [1.165, 1.54) is 0 Å². The Kier molecular flexibility index (Phi) is 3.92. The zero-order valence-electron chi connectivity index (χ0n) is 11.1. The topological polar surface area (TPSA) is 68.0 Å². The molecular formula is C15H17N3O. The van der Waals surface area contributed by atoms with Crippen molar-refractivity contribution in [1.29, 1.82) is 0 Å². The van der Waals surface area contributed by atoms with Gasteiger partial charge in [0.05, 0.1) is 0 Å². The second-order valence-electron chi connectivity index (χ2n) is 4.54. The molecular weight excluding hydrogens is 238 g/mol. The van der Waals surface area contributed by atoms with Crippen molar-refractivity contribution in [2.75, 3.05) is 5.32 Å². The smallest absolute Gasteiger partial charge is 0.247 e. The normalized spacial score (nSPS) is 11.9. The SMILES string of the molecule is Cc1ccc(C(N)C(=O)Nc2cccc(C)n2)cc1. The van der Waals surface area contributed by atoms with Crippen LogP contribution in [0, 0.1) is 13.8 Å². The first-order valence-corrected chi connectivity index (χ1v) is 6.13. The van der Waals surface area contributed by atoms with Gasteiger partial charge in [0, 0.05) is 5.69 Å². The molecule has 1 heterocycles. The molecule has 1 unspecified atom stereocenters. The molecule has 0 radical (unpaired) electrons. The van der Waals surface area contributed by atoms with E-state index in [1.54, 1.807) is 6.07 Å². The number of nitrogens with two attached hydrogens (primary N) is 1. The Balaban J connectivity index is 2.09. The highest BCUT2D eigenvalue weighted by Gasteiger charge is 2.16. The molecule has 2 aromatic rings. The first-order valence-electron chi connectivity index (χ1n) is 6.13. The van der Waals surface area contributed by atoms with E-state index in [4.69, 9.17) is 5.73 Å². The number of aromatic nitrogens is 1. The van der Waals surface area contributed by atoms with Crippen molar-refractivity contribution >= 4 is 11.7 Å². The van der Waals surface area contributed by atoms with Gasteiger partial charge in [0.25, 0.3) is 0 Å². The van der Waals surface area contributed by atoms with Gasteiger partial charge < -0.3 is 11.1 Å². The molecule has 0 saturated heterocycles. The quantitative estimate of drug-likeness (QED) is 0.884. The third kappa shape index (κ3) is 3.39. The third-order valence-electron chi connectivity index (χ3n) is 2.86. The van der Waals surface area contributed by atoms with E-state index in [2.05, 4.69) is 10.3 Å². The highest BCUT2D eigenvalue weighted by molar-refractivity contribution is 5.94. The van der Waals surface area contributed by atoms with Crippen LogP contribution in [0.4, 0.5) is 5.82 Å². The highest BCUT2D eigenvalue weighted by atomic mass is 16.2. The predicted molar refractivity (Wildman–Crippen MR) is 75.7 cm³/mol. The summed E-state index contributed by atoms with van der Waals surface area (Å²) in [6, 6.07) is 12.4. The number of hydrogen-bond donors (Lipinski definition) is 2. The largest absolute Gasteiger partial charge is 0.316 e. The Hall–Kier alpha value is -2.20. The van der Waals surface area contributed by atoms with E-state index in [0.717, 1.165) is 16.8 Å². The number of hydrogen-bond acceptors (Lipinski definition) is 3. The van der Waals surface area contributed by atoms with Gasteiger partial charge in [-0.3, -0.25) is 4.79 Å². The van der Waals surface area contributed by atoms with Gasteiger partial charge in [-0.1, -0.05) is 35.9 Å². The van der Waals surface area contributed by atoms with E-state index in [-0.39, 0.29) is 5.91 Å². The van der Waals surface area contributed by atoms with Gasteiger partial charge in [-0.05, 0) is 31.5 Å². The lowest BCUT2D eigenvalue weighted by Crippen LogP contribution is -2.28. The summed E-state index contributed by atoms with van der Waals surface area (Å²) in [6.07, 6.45) is 0. The van der Waals surface area contributed by atoms with Crippen LogP contribution in [0.2, 0.25) is 0 Å². The van der Waals surface area contributed by atoms with Gasteiger partial charge in [-0.15, -0.1) is 0 Å². The van der Waals surface area contributed by atoms with Crippen LogP contribution in [0.25, 0.3) is 0 Å². The average Bonchev–Trinajstić information content (AvgIpc) is 2.39. The second kappa shape index (κ2) is 5.63. The molecule has 1 aromatic heterocycles. The standard InChI is InChI=1S/C15H17N3O/c1-10-6-8-12(9-7-10)14(16)15(19)18-13-5-3-4-11(2)17-13/h3-9,14H,16H2,1-2H3,(H,17,18,19). The summed E-state index contributed by atoms with van der Waals surface area (Å²) in [4.78, 5) is 16.2. The minimum atomic E-state index is -0.692. The maximum Gasteiger partial charge on any atom is 0.247 e. The third-order valence-corrected chi connectivity index (χ3v) is 2.86. The maximum atomic E-state index is 12.0. The molecule has 0 fully saturated rings. The van der Waals surface area contributed by atoms with Crippen molar-refractivity contribution in [3.8, 4) is 0 Å². The van der Waals surface area contributed by atoms with Crippen LogP contribution in [0.1, 0.15) is 22.9 Å². The fraction of sp³-hybridized carbons (Fsp3) is 0.200. The van der Waals surface area contributed by atoms with Crippen LogP contribution in [-0.4, -0.2) is 10.9 Å². The molecule has 4 heteroatoms. The summed E-state index contributed by atoms with van der Waals surface area (Å²) in [5, 5.41) is 2.72. The number of carbonyl (C=O) groups excluding carboxylic acids is 1. The number of rotatable bonds is 3. The number of benzene rings is 1. The zero-order chi connectivity index (χ0) is 13.8. The van der Waals surface area contributed by atoms with Gasteiger partial charge >= 0.3 is 0 Å². The summed E-state index contributed by atoms with van der Waals surface area (Å²) in [5.41, 5.74) is 8.71. The van der Waals surface area contributed by atoms with E-state index < -0.39 is 6.04 Å². The lowest BCUT2D eigenvalue weighted by molar-refractivity contribution is -0.117. The maximum absolute atomic E-state index is 12.0. The molecule has 0 saturated carbocycles. The Labute approximate surface area is 112 Å². The number of carbonyl (C=O) groups is 1. The lowest BCUT2D eigenvalue weighted by atomic mass is 10.1. The molecule has 1 atom stereocenters. The van der Waals surface area contributed by atoms with Gasteiger partial charge in [-0.25, -0.2) is 4.98 Å². The minimum Gasteiger partial charge on any atom is -0.316 e. The Morgan fingerprint density at radius 3 is 2.47 bits per heavy atom. The first-order chi connectivity index (χ1) is 9.06. The van der Waals surface area contributed by atoms with Crippen LogP contribution in [0.5, 0.6) is 0 Å². The number of amides is 1. The van der Waals surface area contributed by atoms with Crippen LogP contribution < -0.4 is 11.1 Å². The predicted octanol–water partition coefficient (Wildman–Crippen LogP) is 2.34. The fourth-order valence-electron chi connectivity index (χ4n) is 1.74. The number of aryl methyl sites for hydroxylation is 2. The Morgan fingerprint density at radius 1 is 1.16 bits per heavy atom. The summed E-state index contributed by atoms with van der Waals surface area (Å²) >= 11 is 0. The van der Waals surface area contributed by atoms with Gasteiger partial charge in [0.1, 0.15) is 11.9 Å². The van der Waals surface area contributed by atoms with Crippen molar-refractivity contribution in [2.45, 2.75) is 19.9 Å². The van der Waals surface area contributed by atoms with E-state index in [0.29, 0.717) is 5.82 Å². The molecule has 2 rings (SSSR count). The first kappa shape index (κ1) is 13.2. The van der Waals surface area contributed by atoms with Gasteiger partial charge in [0.15, 0.2) is 0 Å². The van der Waals surface area contributed by atoms with Crippen LogP contribution >= 0.6 is 0 Å². The molecule has 1 amide bonds. The van der Waals surface area contributed by atoms with Crippen molar-refractivity contribution in [1.82, 2.24) is 4.98 Å². The molecule has 1 aromatic carbocycles. The van der Waals surface area contributed by atoms with E-state index in [9.17, 15) is 4.79 Å². The van der Waals surface area contributed by atoms with Crippen LogP contribution in [-0.2, 0) is 4.79 Å². The molecule has 4 nitrogen and oxygen atoms in total. The van der Waals surface area contributed by atoms with Crippen LogP contribution in [0.3, 0.4) is 0 Å². The number of nitrogens with one attached hydrogen (secondary N) is 1. The van der Waals surface area contributed by atoms with Crippen molar-refractivity contribution < 1.29 is 4.79 Å². The summed E-state index contributed by atoms with van der Waals surface area (Å²) in [7, 11) is 0. The fourth-order valence-corrected chi connectivity index (χ4v) is 1.74. The number of pyridine rings is 1. The van der Waals surface area contributed by atoms with Gasteiger partial charge in [0.2, 0.25) is 5.91 Å². The van der Waals surface area contributed by atoms with Crippen molar-refractivity contribution in [2.24, 2.45) is 5.73 Å². The summed E-state index contributed by atoms with van der Waals surface area (Å²) in [5.74, 6) is 0.259. The average molecular weight is 255 g/mol. The Bertz CT molecular complexity index is 578. The highest BCUT2D eigenvalue weighted by Crippen LogP contribution is 2.14. The second-order valence-corrected chi connectivity index (χ2v) is 4.54. The zero-order valence-corrected chi connectivity index (χ0v) is 11.1. The van der Waals surface area contributed by atoms with Crippen molar-refractivity contribution in [3.05, 3.63) is 59.3 Å². The minimum absolute atomic E-state index is 0.262. The van der Waals surface area contributed by atoms with Gasteiger partial charge in [-0.2, -0.15) is 0 Å². The number of anilines is 1. The molecule has 3 N–H and O–H groups in total. The monoisotopic (exact) mass is 255 g/mol. The molecule has 0 spiro atoms. The molecule has 19 heavy (non-hydrogen) atoms. The molecule has 0 aliphatic heterocycles. The van der Waals surface area contributed by atoms with E-state index in [1.807, 2.05) is 50.2 Å². The molecule has 0 aliphatic rings. The summed E-state index contributed by atoms with van der Waals surface area (Å²) < 4.78 is 0. The number of nitrogens with zero attached hydrogens (tertiary/aromatic N) is 1. The van der Waals surface area contributed by atoms with Crippen LogP contribution in [0.15, 0.2) is 42.5 Å². The lowest BCUT2D eigenvalue weighted by Gasteiger charge is -2.12. The molecule has 0 aliphatic carbocycles. The summed E-state index contributed by atoms with van der Waals surface area (Å²) in [6.45, 7) is 3.86.